The summed E-state index contributed by atoms with van der Waals surface area (Å²) < 4.78 is 10.0. The Morgan fingerprint density at radius 2 is 2.29 bits per heavy atom. The van der Waals surface area contributed by atoms with Crippen molar-refractivity contribution in [1.29, 1.82) is 0 Å². The summed E-state index contributed by atoms with van der Waals surface area (Å²) >= 11 is 0. The van der Waals surface area contributed by atoms with Crippen molar-refractivity contribution >= 4 is 6.29 Å². The van der Waals surface area contributed by atoms with Gasteiger partial charge in [-0.3, -0.25) is 4.79 Å². The zero-order valence-electron chi connectivity index (χ0n) is 7.82. The van der Waals surface area contributed by atoms with E-state index in [1.807, 2.05) is 0 Å². The zero-order chi connectivity index (χ0) is 10.4. The molecule has 1 radical (unpaired) electrons. The van der Waals surface area contributed by atoms with Gasteiger partial charge in [0.25, 0.3) is 0 Å². The van der Waals surface area contributed by atoms with E-state index >= 15 is 0 Å². The van der Waals surface area contributed by atoms with Crippen LogP contribution in [0.3, 0.4) is 0 Å². The topological polar surface area (TPSA) is 55.8 Å². The van der Waals surface area contributed by atoms with Gasteiger partial charge in [-0.1, -0.05) is 0 Å². The number of aliphatic hydroxyl groups excluding tert-OH is 1. The van der Waals surface area contributed by atoms with Crippen molar-refractivity contribution < 1.29 is 19.4 Å². The van der Waals surface area contributed by atoms with Gasteiger partial charge < -0.3 is 14.6 Å². The summed E-state index contributed by atoms with van der Waals surface area (Å²) in [5.41, 5.74) is 0.676. The molecular formula is C10H11O4. The lowest BCUT2D eigenvalue weighted by atomic mass is 10.2. The third-order valence-electron chi connectivity index (χ3n) is 1.73. The fourth-order valence-corrected chi connectivity index (χ4v) is 1.06. The quantitative estimate of drug-likeness (QED) is 0.750. The van der Waals surface area contributed by atoms with Crippen molar-refractivity contribution in [2.45, 2.75) is 6.61 Å². The van der Waals surface area contributed by atoms with Gasteiger partial charge in [0.2, 0.25) is 6.29 Å². The molecule has 0 aliphatic rings. The smallest absolute Gasteiger partial charge is 0.239 e. The molecule has 1 N–H and O–H groups in total. The van der Waals surface area contributed by atoms with Gasteiger partial charge in [-0.05, 0) is 12.1 Å². The summed E-state index contributed by atoms with van der Waals surface area (Å²) in [6.07, 6.45) is 1.62. The van der Waals surface area contributed by atoms with Crippen LogP contribution in [0.2, 0.25) is 0 Å². The molecule has 1 aromatic rings. The second kappa shape index (κ2) is 5.24. The number of benzene rings is 1. The van der Waals surface area contributed by atoms with Crippen LogP contribution in [0.4, 0.5) is 0 Å². The van der Waals surface area contributed by atoms with Crippen LogP contribution in [-0.4, -0.2) is 25.1 Å². The summed E-state index contributed by atoms with van der Waals surface area (Å²) in [4.78, 5) is 9.93. The zero-order valence-corrected chi connectivity index (χ0v) is 7.82. The van der Waals surface area contributed by atoms with Gasteiger partial charge in [-0.25, -0.2) is 0 Å². The molecule has 1 rings (SSSR count). The molecule has 1 aromatic carbocycles. The lowest BCUT2D eigenvalue weighted by molar-refractivity contribution is 0.273. The number of rotatable bonds is 5. The lowest BCUT2D eigenvalue weighted by Crippen LogP contribution is -1.99. The maximum absolute atomic E-state index is 9.93. The molecule has 14 heavy (non-hydrogen) atoms. The average molecular weight is 195 g/mol. The fourth-order valence-electron chi connectivity index (χ4n) is 1.06. The van der Waals surface area contributed by atoms with E-state index in [1.165, 1.54) is 7.11 Å². The molecule has 4 nitrogen and oxygen atoms in total. The van der Waals surface area contributed by atoms with Gasteiger partial charge in [0.1, 0.15) is 11.5 Å². The first-order chi connectivity index (χ1) is 6.81. The molecule has 0 atom stereocenters. The van der Waals surface area contributed by atoms with E-state index in [1.54, 1.807) is 24.5 Å². The third kappa shape index (κ3) is 2.47. The first-order valence-corrected chi connectivity index (χ1v) is 4.07. The fraction of sp³-hybridized carbons (Fsp3) is 0.300. The summed E-state index contributed by atoms with van der Waals surface area (Å²) in [5, 5.41) is 8.93. The lowest BCUT2D eigenvalue weighted by Gasteiger charge is -2.08. The van der Waals surface area contributed by atoms with Crippen molar-refractivity contribution in [3.63, 3.8) is 0 Å². The van der Waals surface area contributed by atoms with Gasteiger partial charge in [0.05, 0.1) is 13.7 Å². The highest BCUT2D eigenvalue weighted by molar-refractivity contribution is 5.52. The number of ether oxygens (including phenoxy) is 2. The van der Waals surface area contributed by atoms with Gasteiger partial charge >= 0.3 is 0 Å². The second-order valence-corrected chi connectivity index (χ2v) is 2.56. The van der Waals surface area contributed by atoms with Crippen LogP contribution in [0.25, 0.3) is 0 Å². The van der Waals surface area contributed by atoms with Crippen LogP contribution in [0.15, 0.2) is 18.2 Å². The standard InChI is InChI=1S/C10H11O4/c1-13-10-6-9(14-5-4-11)3-2-8(10)7-12/h2-3,6,12H,5,7H2,1H3. The second-order valence-electron chi connectivity index (χ2n) is 2.56. The summed E-state index contributed by atoms with van der Waals surface area (Å²) in [7, 11) is 1.50. The highest BCUT2D eigenvalue weighted by Crippen LogP contribution is 2.24. The number of carbonyl (C=O) groups excluding carboxylic acids is 1. The molecule has 0 saturated heterocycles. The van der Waals surface area contributed by atoms with Crippen LogP contribution in [-0.2, 0) is 11.4 Å². The molecular weight excluding hydrogens is 184 g/mol. The van der Waals surface area contributed by atoms with E-state index in [0.717, 1.165) is 0 Å². The molecule has 0 aliphatic heterocycles. The Kier molecular flexibility index (Phi) is 3.94. The molecule has 0 aliphatic carbocycles. The van der Waals surface area contributed by atoms with E-state index in [4.69, 9.17) is 14.6 Å². The monoisotopic (exact) mass is 195 g/mol. The van der Waals surface area contributed by atoms with Crippen molar-refractivity contribution in [2.24, 2.45) is 0 Å². The summed E-state index contributed by atoms with van der Waals surface area (Å²) in [5.74, 6) is 1.05. The number of methoxy groups -OCH3 is 1. The van der Waals surface area contributed by atoms with E-state index in [2.05, 4.69) is 0 Å². The Balaban J connectivity index is 2.83. The van der Waals surface area contributed by atoms with Gasteiger partial charge in [0.15, 0.2) is 6.61 Å². The minimum absolute atomic E-state index is 0.0940. The molecule has 0 amide bonds. The molecule has 75 valence electrons. The third-order valence-corrected chi connectivity index (χ3v) is 1.73. The van der Waals surface area contributed by atoms with E-state index in [0.29, 0.717) is 17.1 Å². The maximum Gasteiger partial charge on any atom is 0.239 e. The highest BCUT2D eigenvalue weighted by Gasteiger charge is 2.03. The van der Waals surface area contributed by atoms with Crippen LogP contribution in [0.1, 0.15) is 5.56 Å². The Labute approximate surface area is 82.1 Å². The van der Waals surface area contributed by atoms with E-state index in [-0.39, 0.29) is 13.2 Å². The number of aliphatic hydroxyl groups is 1. The van der Waals surface area contributed by atoms with Crippen molar-refractivity contribution in [3.8, 4) is 11.5 Å². The number of hydrogen-bond donors (Lipinski definition) is 1. The molecule has 0 heterocycles. The van der Waals surface area contributed by atoms with Crippen LogP contribution >= 0.6 is 0 Å². The van der Waals surface area contributed by atoms with Gasteiger partial charge in [-0.2, -0.15) is 0 Å². The van der Waals surface area contributed by atoms with Gasteiger partial charge in [0, 0.05) is 11.6 Å². The largest absolute Gasteiger partial charge is 0.496 e. The Hall–Kier alpha value is -1.55. The number of hydrogen-bond acceptors (Lipinski definition) is 4. The van der Waals surface area contributed by atoms with Crippen LogP contribution in [0, 0.1) is 0 Å². The summed E-state index contributed by atoms with van der Waals surface area (Å²) in [6.45, 7) is -0.203. The normalized spacial score (nSPS) is 9.57. The van der Waals surface area contributed by atoms with Crippen molar-refractivity contribution in [2.75, 3.05) is 13.7 Å². The first-order valence-electron chi connectivity index (χ1n) is 4.07. The highest BCUT2D eigenvalue weighted by atomic mass is 16.5. The minimum atomic E-state index is -0.109. The minimum Gasteiger partial charge on any atom is -0.496 e. The predicted molar refractivity (Wildman–Crippen MR) is 50.1 cm³/mol. The Bertz CT molecular complexity index is 309. The van der Waals surface area contributed by atoms with Crippen molar-refractivity contribution in [3.05, 3.63) is 23.8 Å². The SMILES string of the molecule is COc1cc(OC[C]=O)ccc1CO. The summed E-state index contributed by atoms with van der Waals surface area (Å²) in [6, 6.07) is 4.95. The van der Waals surface area contributed by atoms with Gasteiger partial charge in [-0.15, -0.1) is 0 Å². The molecule has 0 saturated carbocycles. The van der Waals surface area contributed by atoms with Crippen LogP contribution < -0.4 is 9.47 Å². The molecule has 0 bridgehead atoms. The predicted octanol–water partition coefficient (Wildman–Crippen LogP) is 0.676. The van der Waals surface area contributed by atoms with Crippen LogP contribution in [0.5, 0.6) is 11.5 Å². The molecule has 4 heteroatoms. The Morgan fingerprint density at radius 3 is 2.86 bits per heavy atom. The average Bonchev–Trinajstić information content (AvgIpc) is 2.25. The molecule has 0 spiro atoms. The first kappa shape index (κ1) is 10.5. The molecule has 0 unspecified atom stereocenters. The molecule has 0 fully saturated rings. The maximum atomic E-state index is 9.93. The van der Waals surface area contributed by atoms with E-state index < -0.39 is 0 Å². The molecule has 0 aromatic heterocycles. The van der Waals surface area contributed by atoms with Crippen molar-refractivity contribution in [1.82, 2.24) is 0 Å². The Morgan fingerprint density at radius 1 is 1.50 bits per heavy atom. The van der Waals surface area contributed by atoms with E-state index in [9.17, 15) is 4.79 Å².